The average Bonchev–Trinajstić information content (AvgIpc) is 3.39. The molecule has 0 saturated carbocycles. The van der Waals surface area contributed by atoms with Crippen molar-refractivity contribution >= 4 is 100 Å². The van der Waals surface area contributed by atoms with E-state index in [1.54, 1.807) is 0 Å². The summed E-state index contributed by atoms with van der Waals surface area (Å²) in [4.78, 5) is 5.10. The van der Waals surface area contributed by atoms with Crippen LogP contribution in [0.1, 0.15) is 0 Å². The molecule has 67 heavy (non-hydrogen) atoms. The fourth-order valence-electron chi connectivity index (χ4n) is 11.1. The van der Waals surface area contributed by atoms with E-state index in [9.17, 15) is 0 Å². The number of hydrogen-bond donors (Lipinski definition) is 0. The Hall–Kier alpha value is -8.66. The van der Waals surface area contributed by atoms with Crippen molar-refractivity contribution in [2.75, 3.05) is 9.80 Å². The van der Waals surface area contributed by atoms with E-state index < -0.39 is 0 Å². The maximum atomic E-state index is 2.55. The van der Waals surface area contributed by atoms with Crippen LogP contribution in [-0.2, 0) is 0 Å². The highest BCUT2D eigenvalue weighted by Gasteiger charge is 2.44. The van der Waals surface area contributed by atoms with Crippen molar-refractivity contribution in [3.05, 3.63) is 249 Å². The molecule has 0 atom stereocenters. The van der Waals surface area contributed by atoms with Crippen molar-refractivity contribution in [3.63, 3.8) is 0 Å². The first-order valence-electron chi connectivity index (χ1n) is 23.3. The Labute approximate surface area is 390 Å². The maximum Gasteiger partial charge on any atom is 0.252 e. The number of hydrogen-bond acceptors (Lipinski definition) is 2. The summed E-state index contributed by atoms with van der Waals surface area (Å²) in [7, 11) is 0. The zero-order valence-electron chi connectivity index (χ0n) is 36.6. The molecule has 310 valence electrons. The molecule has 2 nitrogen and oxygen atoms in total. The van der Waals surface area contributed by atoms with Gasteiger partial charge in [0.2, 0.25) is 0 Å². The molecule has 12 aromatic carbocycles. The molecule has 0 saturated heterocycles. The smallest absolute Gasteiger partial charge is 0.252 e. The molecular formula is C64H41BN2. The summed E-state index contributed by atoms with van der Waals surface area (Å²) >= 11 is 0. The van der Waals surface area contributed by atoms with E-state index in [0.29, 0.717) is 0 Å². The number of benzene rings is 12. The summed E-state index contributed by atoms with van der Waals surface area (Å²) in [5, 5.41) is 9.94. The van der Waals surface area contributed by atoms with Crippen LogP contribution in [0, 0.1) is 0 Å². The SMILES string of the molecule is c1ccc(-c2ccc(N3c4cc5cc6ccccc6cc5cc4B4c5cc6cc7ccccc7cc6cc5N(c5ccc(-c6ccccc6)cc5)c5cc(-c6ccccc6)cc3c54)cc2)cc1. The van der Waals surface area contributed by atoms with Gasteiger partial charge < -0.3 is 9.80 Å². The predicted octanol–water partition coefficient (Wildman–Crippen LogP) is 15.4. The van der Waals surface area contributed by atoms with Crippen LogP contribution < -0.4 is 26.2 Å². The van der Waals surface area contributed by atoms with E-state index >= 15 is 0 Å². The molecule has 2 aliphatic heterocycles. The molecule has 3 heteroatoms. The van der Waals surface area contributed by atoms with Crippen molar-refractivity contribution in [2.45, 2.75) is 0 Å². The Morgan fingerprint density at radius 1 is 0.224 bits per heavy atom. The summed E-state index contributed by atoms with van der Waals surface area (Å²) in [6.45, 7) is -0.0498. The molecule has 2 heterocycles. The van der Waals surface area contributed by atoms with Gasteiger partial charge in [0.15, 0.2) is 0 Å². The second-order valence-electron chi connectivity index (χ2n) is 18.1. The highest BCUT2D eigenvalue weighted by molar-refractivity contribution is 7.00. The van der Waals surface area contributed by atoms with E-state index in [1.807, 2.05) is 0 Å². The molecule has 0 radical (unpaired) electrons. The first-order chi connectivity index (χ1) is 33.2. The monoisotopic (exact) mass is 848 g/mol. The van der Waals surface area contributed by atoms with Crippen LogP contribution in [-0.4, -0.2) is 6.71 Å². The molecular weight excluding hydrogens is 808 g/mol. The fourth-order valence-corrected chi connectivity index (χ4v) is 11.1. The lowest BCUT2D eigenvalue weighted by molar-refractivity contribution is 1.26. The van der Waals surface area contributed by atoms with Crippen LogP contribution in [0.15, 0.2) is 249 Å². The van der Waals surface area contributed by atoms with Crippen LogP contribution in [0.5, 0.6) is 0 Å². The van der Waals surface area contributed by atoms with Crippen LogP contribution in [0.4, 0.5) is 34.1 Å². The third kappa shape index (κ3) is 6.13. The van der Waals surface area contributed by atoms with Gasteiger partial charge in [-0.25, -0.2) is 0 Å². The van der Waals surface area contributed by atoms with E-state index in [4.69, 9.17) is 0 Å². The first-order valence-corrected chi connectivity index (χ1v) is 23.3. The Kier molecular flexibility index (Phi) is 8.41. The third-order valence-electron chi connectivity index (χ3n) is 14.3. The Morgan fingerprint density at radius 2 is 0.537 bits per heavy atom. The first kappa shape index (κ1) is 37.7. The topological polar surface area (TPSA) is 6.48 Å². The largest absolute Gasteiger partial charge is 0.311 e. The van der Waals surface area contributed by atoms with Crippen molar-refractivity contribution < 1.29 is 0 Å². The number of rotatable bonds is 5. The summed E-state index contributed by atoms with van der Waals surface area (Å²) in [6.07, 6.45) is 0. The van der Waals surface area contributed by atoms with Crippen LogP contribution in [0.25, 0.3) is 76.5 Å². The Morgan fingerprint density at radius 3 is 0.910 bits per heavy atom. The zero-order valence-corrected chi connectivity index (χ0v) is 36.6. The molecule has 0 unspecified atom stereocenters. The van der Waals surface area contributed by atoms with Gasteiger partial charge in [-0.2, -0.15) is 0 Å². The van der Waals surface area contributed by atoms with Gasteiger partial charge in [0.25, 0.3) is 6.71 Å². The van der Waals surface area contributed by atoms with Crippen molar-refractivity contribution in [1.82, 2.24) is 0 Å². The fraction of sp³-hybridized carbons (Fsp3) is 0. The molecule has 12 aromatic rings. The summed E-state index contributed by atoms with van der Waals surface area (Å²) in [5.41, 5.74) is 18.1. The Bertz CT molecular complexity index is 3670. The number of fused-ring (bicyclic) bond motifs is 8. The minimum Gasteiger partial charge on any atom is -0.311 e. The van der Waals surface area contributed by atoms with Crippen molar-refractivity contribution in [3.8, 4) is 33.4 Å². The van der Waals surface area contributed by atoms with Crippen LogP contribution in [0.2, 0.25) is 0 Å². The lowest BCUT2D eigenvalue weighted by atomic mass is 9.33. The standard InChI is InChI=1S/C64H41BN2/c1-4-14-42(15-5-1)45-24-28-56(29-25-45)66-60-38-53-34-49-22-12-10-20-47(49)32-51(53)36-58(60)65-59-37-52-33-48-21-11-13-23-50(48)35-54(52)39-61(59)67(57-30-26-46(27-31-57)43-16-6-2-7-17-43)63-41-55(40-62(66)64(63)65)44-18-8-3-9-19-44/h1-41H. The molecule has 0 N–H and O–H groups in total. The van der Waals surface area contributed by atoms with Gasteiger partial charge >= 0.3 is 0 Å². The summed E-state index contributed by atoms with van der Waals surface area (Å²) in [5.74, 6) is 0. The number of anilines is 6. The van der Waals surface area contributed by atoms with Gasteiger partial charge in [-0.3, -0.25) is 0 Å². The second-order valence-corrected chi connectivity index (χ2v) is 18.1. The molecule has 2 aliphatic rings. The van der Waals surface area contributed by atoms with Gasteiger partial charge in [0, 0.05) is 34.1 Å². The highest BCUT2D eigenvalue weighted by Crippen LogP contribution is 2.48. The van der Waals surface area contributed by atoms with Crippen molar-refractivity contribution in [2.24, 2.45) is 0 Å². The molecule has 0 amide bonds. The third-order valence-corrected chi connectivity index (χ3v) is 14.3. The quantitative estimate of drug-likeness (QED) is 0.126. The van der Waals surface area contributed by atoms with Gasteiger partial charge in [-0.05, 0) is 166 Å². The van der Waals surface area contributed by atoms with Crippen LogP contribution >= 0.6 is 0 Å². The summed E-state index contributed by atoms with van der Waals surface area (Å²) < 4.78 is 0. The van der Waals surface area contributed by atoms with Gasteiger partial charge in [-0.1, -0.05) is 176 Å². The molecule has 0 aromatic heterocycles. The number of nitrogens with zero attached hydrogens (tertiary/aromatic N) is 2. The zero-order chi connectivity index (χ0) is 44.0. The molecule has 0 spiro atoms. The van der Waals surface area contributed by atoms with Crippen molar-refractivity contribution in [1.29, 1.82) is 0 Å². The minimum atomic E-state index is -0.0498. The van der Waals surface area contributed by atoms with E-state index in [2.05, 4.69) is 259 Å². The lowest BCUT2D eigenvalue weighted by Gasteiger charge is -2.44. The summed E-state index contributed by atoms with van der Waals surface area (Å²) in [6, 6.07) is 92.6. The Balaban J connectivity index is 1.09. The molecule has 0 bridgehead atoms. The lowest BCUT2D eigenvalue weighted by Crippen LogP contribution is -2.61. The van der Waals surface area contributed by atoms with E-state index in [1.165, 1.54) is 116 Å². The average molecular weight is 849 g/mol. The van der Waals surface area contributed by atoms with Gasteiger partial charge in [-0.15, -0.1) is 0 Å². The second kappa shape index (κ2) is 15.0. The minimum absolute atomic E-state index is 0.0498. The molecule has 0 fully saturated rings. The van der Waals surface area contributed by atoms with Gasteiger partial charge in [0.05, 0.1) is 0 Å². The van der Waals surface area contributed by atoms with Crippen LogP contribution in [0.3, 0.4) is 0 Å². The predicted molar refractivity (Wildman–Crippen MR) is 287 cm³/mol. The molecule has 14 rings (SSSR count). The van der Waals surface area contributed by atoms with E-state index in [-0.39, 0.29) is 6.71 Å². The van der Waals surface area contributed by atoms with E-state index in [0.717, 1.165) is 11.4 Å². The highest BCUT2D eigenvalue weighted by atomic mass is 15.2. The normalized spacial score (nSPS) is 12.7. The molecule has 0 aliphatic carbocycles. The van der Waals surface area contributed by atoms with Gasteiger partial charge in [0.1, 0.15) is 0 Å². The maximum absolute atomic E-state index is 2.55.